The van der Waals surface area contributed by atoms with Crippen LogP contribution in [0.5, 0.6) is 0 Å². The van der Waals surface area contributed by atoms with Crippen molar-refractivity contribution in [2.45, 2.75) is 0 Å². The first-order valence-corrected chi connectivity index (χ1v) is 34.0. The highest BCUT2D eigenvalue weighted by Gasteiger charge is 2.40. The van der Waals surface area contributed by atoms with Crippen molar-refractivity contribution >= 4 is 71.6 Å². The molecule has 0 saturated carbocycles. The molecule has 101 heavy (non-hydrogen) atoms. The van der Waals surface area contributed by atoms with E-state index in [0.717, 1.165) is 0 Å². The molecule has 40 nitrogen and oxygen atoms in total. The Morgan fingerprint density at radius 3 is 0.287 bits per heavy atom. The number of carboxylic acids is 12. The zero-order valence-corrected chi connectivity index (χ0v) is 57.9. The van der Waals surface area contributed by atoms with Crippen LogP contribution in [0.25, 0.3) is 0 Å². The van der Waals surface area contributed by atoms with Gasteiger partial charge in [-0.15, -0.1) is 0 Å². The van der Waals surface area contributed by atoms with E-state index in [1.807, 2.05) is 19.6 Å². The normalized spacial score (nSPS) is 21.1. The van der Waals surface area contributed by atoms with Gasteiger partial charge in [-0.2, -0.15) is 0 Å². The highest BCUT2D eigenvalue weighted by molar-refractivity contribution is 5.73. The fourth-order valence-electron chi connectivity index (χ4n) is 13.3. The van der Waals surface area contributed by atoms with Crippen LogP contribution in [-0.2, 0) is 57.5 Å². The third-order valence-electron chi connectivity index (χ3n) is 18.3. The fourth-order valence-corrected chi connectivity index (χ4v) is 13.3. The Bertz CT molecular complexity index is 2200. The molecule has 0 amide bonds. The van der Waals surface area contributed by atoms with E-state index in [1.165, 1.54) is 0 Å². The van der Waals surface area contributed by atoms with Gasteiger partial charge in [-0.05, 0) is 0 Å². The van der Waals surface area contributed by atoms with E-state index in [1.54, 1.807) is 58.8 Å². The molecule has 0 spiro atoms. The number of hydrogen-bond donors (Lipinski definition) is 12. The first-order chi connectivity index (χ1) is 47.8. The van der Waals surface area contributed by atoms with E-state index in [2.05, 4.69) is 0 Å². The maximum atomic E-state index is 12.7. The number of carbonyl (C=O) groups is 12. The molecule has 0 aliphatic carbocycles. The standard InChI is InChI=1S/C61H108N16O24/c78-49(79)33-62-1-9-66(37-53(86)87)17-25-74(26-18-67(10-2-62)38-54(88)89)45-61(46-75-27-19-68(39-55(90)91)11-3-63(34-50(80)81)4-12-69(20-28-75)40-56(92)93,47-76-29-21-70(41-57(94)95)13-5-64(35-51(82)83)6-14-71(22-30-76)42-58(96)97)48-77-31-23-72(43-59(98)99)15-7-65(36-52(84)85)8-16-73(24-32-77)44-60(100)101/h1-48H2,(H,78,79)(H,80,81)(H,82,83)(H,84,85)(H,86,87)(H,88,89)(H,90,91)(H,92,93)(H,94,95)(H,96,97)(H,98,99)(H,100,101). The Kier molecular flexibility index (Phi) is 39.2. The molecule has 4 fully saturated rings. The average Bonchev–Trinajstić information content (AvgIpc) is 0.809. The van der Waals surface area contributed by atoms with Gasteiger partial charge in [-0.1, -0.05) is 0 Å². The van der Waals surface area contributed by atoms with Crippen LogP contribution in [0.3, 0.4) is 0 Å². The molecule has 4 aliphatic rings. The molecule has 576 valence electrons. The van der Waals surface area contributed by atoms with Crippen molar-refractivity contribution in [2.24, 2.45) is 5.41 Å². The number of carboxylic acid groups (broad SMARTS) is 12. The van der Waals surface area contributed by atoms with E-state index in [0.29, 0.717) is 0 Å². The predicted octanol–water partition coefficient (Wildman–Crippen LogP) is -8.13. The fraction of sp³-hybridized carbons (Fsp3) is 0.803. The summed E-state index contributed by atoms with van der Waals surface area (Å²) in [7, 11) is 0. The van der Waals surface area contributed by atoms with Gasteiger partial charge in [0.05, 0.1) is 78.5 Å². The van der Waals surface area contributed by atoms with Gasteiger partial charge in [0.15, 0.2) is 0 Å². The lowest BCUT2D eigenvalue weighted by Crippen LogP contribution is -2.61. The summed E-state index contributed by atoms with van der Waals surface area (Å²) in [5.41, 5.74) is -1.26. The summed E-state index contributed by atoms with van der Waals surface area (Å²) in [6, 6.07) is 0. The molecule has 0 unspecified atom stereocenters. The molecule has 40 heteroatoms. The molecular formula is C61H108N16O24. The Morgan fingerprint density at radius 2 is 0.218 bits per heavy atom. The molecule has 4 rings (SSSR count). The SMILES string of the molecule is O=C(O)CN1CCN(CC(=O)O)CCN(CC(CN2CCN(CC(=O)O)CCN(CC(=O)O)CCN(CC(=O)O)CC2)(CN2CCN(CC(=O)O)CCN(CC(=O)O)CCN(CC(=O)O)CC2)CN2CCN(CC(=O)O)CCN(CC(=O)O)CCN(CC(=O)O)CC2)CCN(CC(=O)O)CC1. The summed E-state index contributed by atoms with van der Waals surface area (Å²) in [4.78, 5) is 178. The van der Waals surface area contributed by atoms with Crippen LogP contribution >= 0.6 is 0 Å². The van der Waals surface area contributed by atoms with Crippen LogP contribution in [0.4, 0.5) is 0 Å². The van der Waals surface area contributed by atoms with E-state index in [9.17, 15) is 119 Å². The second-order valence-electron chi connectivity index (χ2n) is 26.6. The minimum Gasteiger partial charge on any atom is -0.480 e. The first kappa shape index (κ1) is 86.4. The summed E-state index contributed by atoms with van der Waals surface area (Å²) in [5, 5.41) is 122. The molecule has 4 saturated heterocycles. The molecule has 12 N–H and O–H groups in total. The lowest BCUT2D eigenvalue weighted by Gasteiger charge is -2.48. The van der Waals surface area contributed by atoms with Crippen LogP contribution < -0.4 is 0 Å². The zero-order chi connectivity index (χ0) is 74.6. The Labute approximate surface area is 586 Å². The number of hydrogen-bond acceptors (Lipinski definition) is 28. The third-order valence-corrected chi connectivity index (χ3v) is 18.3. The molecule has 4 aliphatic heterocycles. The van der Waals surface area contributed by atoms with Crippen molar-refractivity contribution in [2.75, 3.05) is 314 Å². The van der Waals surface area contributed by atoms with Crippen LogP contribution in [0.15, 0.2) is 0 Å². The van der Waals surface area contributed by atoms with Crippen LogP contribution in [0.1, 0.15) is 0 Å². The Morgan fingerprint density at radius 1 is 0.149 bits per heavy atom. The maximum Gasteiger partial charge on any atom is 0.317 e. The summed E-state index contributed by atoms with van der Waals surface area (Å²) >= 11 is 0. The van der Waals surface area contributed by atoms with Crippen molar-refractivity contribution in [3.05, 3.63) is 0 Å². The highest BCUT2D eigenvalue weighted by atomic mass is 16.4. The van der Waals surface area contributed by atoms with Gasteiger partial charge in [-0.3, -0.25) is 116 Å². The second-order valence-corrected chi connectivity index (χ2v) is 26.6. The minimum atomic E-state index is -1.26. The number of aliphatic carboxylic acids is 12. The highest BCUT2D eigenvalue weighted by Crippen LogP contribution is 2.27. The Hall–Kier alpha value is -7.00. The van der Waals surface area contributed by atoms with E-state index in [4.69, 9.17) is 0 Å². The van der Waals surface area contributed by atoms with E-state index in [-0.39, 0.29) is 236 Å². The zero-order valence-electron chi connectivity index (χ0n) is 57.9. The second kappa shape index (κ2) is 45.9. The molecule has 0 radical (unpaired) electrons. The topological polar surface area (TPSA) is 499 Å². The van der Waals surface area contributed by atoms with Gasteiger partial charge < -0.3 is 80.9 Å². The summed E-state index contributed by atoms with van der Waals surface area (Å²) in [6.45, 7) is -3.36. The van der Waals surface area contributed by atoms with Crippen LogP contribution in [0.2, 0.25) is 0 Å². The summed E-state index contributed by atoms with van der Waals surface area (Å²) in [5.74, 6) is -14.2. The Balaban J connectivity index is 2.16. The number of rotatable bonds is 32. The molecule has 0 bridgehead atoms. The van der Waals surface area contributed by atoms with Crippen molar-refractivity contribution in [3.8, 4) is 0 Å². The van der Waals surface area contributed by atoms with Crippen molar-refractivity contribution in [3.63, 3.8) is 0 Å². The van der Waals surface area contributed by atoms with Crippen LogP contribution in [-0.4, -0.2) is 525 Å². The molecule has 4 heterocycles. The summed E-state index contributed by atoms with van der Waals surface area (Å²) < 4.78 is 0. The van der Waals surface area contributed by atoms with Gasteiger partial charge in [0.1, 0.15) is 0 Å². The molecule has 0 aromatic heterocycles. The molecule has 0 aromatic rings. The smallest absolute Gasteiger partial charge is 0.317 e. The maximum absolute atomic E-state index is 12.7. The molecular weight excluding hydrogens is 1340 g/mol. The first-order valence-electron chi connectivity index (χ1n) is 34.0. The molecule has 0 atom stereocenters. The summed E-state index contributed by atoms with van der Waals surface area (Å²) in [6.07, 6.45) is 0. The monoisotopic (exact) mass is 1450 g/mol. The van der Waals surface area contributed by atoms with Crippen LogP contribution in [0, 0.1) is 5.41 Å². The van der Waals surface area contributed by atoms with Crippen molar-refractivity contribution < 1.29 is 119 Å². The third kappa shape index (κ3) is 38.7. The van der Waals surface area contributed by atoms with Gasteiger partial charge >= 0.3 is 71.6 Å². The van der Waals surface area contributed by atoms with Gasteiger partial charge in [0, 0.05) is 241 Å². The van der Waals surface area contributed by atoms with Gasteiger partial charge in [-0.25, -0.2) is 0 Å². The van der Waals surface area contributed by atoms with E-state index < -0.39 is 156 Å². The van der Waals surface area contributed by atoms with E-state index >= 15 is 0 Å². The lowest BCUT2D eigenvalue weighted by atomic mass is 9.84. The number of nitrogens with zero attached hydrogens (tertiary/aromatic N) is 16. The minimum absolute atomic E-state index is 0.0228. The largest absolute Gasteiger partial charge is 0.480 e. The molecule has 0 aromatic carbocycles. The predicted molar refractivity (Wildman–Crippen MR) is 357 cm³/mol. The van der Waals surface area contributed by atoms with Gasteiger partial charge in [0.2, 0.25) is 0 Å². The quantitative estimate of drug-likeness (QED) is 0.0298. The van der Waals surface area contributed by atoms with Crippen molar-refractivity contribution in [1.82, 2.24) is 78.4 Å². The lowest BCUT2D eigenvalue weighted by molar-refractivity contribution is -0.140. The van der Waals surface area contributed by atoms with Crippen molar-refractivity contribution in [1.29, 1.82) is 0 Å². The average molecular weight is 1450 g/mol. The van der Waals surface area contributed by atoms with Gasteiger partial charge in [0.25, 0.3) is 0 Å².